The Kier molecular flexibility index (Phi) is 17.4. The van der Waals surface area contributed by atoms with Crippen molar-refractivity contribution in [3.8, 4) is 23.0 Å². The molecule has 346 valence electrons. The van der Waals surface area contributed by atoms with Crippen LogP contribution in [0.2, 0.25) is 0 Å². The Morgan fingerprint density at radius 1 is 0.661 bits per heavy atom. The van der Waals surface area contributed by atoms with Gasteiger partial charge in [-0.2, -0.15) is 0 Å². The zero-order chi connectivity index (χ0) is 45.4. The van der Waals surface area contributed by atoms with E-state index >= 15 is 0 Å². The van der Waals surface area contributed by atoms with Crippen LogP contribution in [0.25, 0.3) is 0 Å². The van der Waals surface area contributed by atoms with Crippen molar-refractivity contribution in [3.63, 3.8) is 0 Å². The van der Waals surface area contributed by atoms with Crippen LogP contribution in [-0.4, -0.2) is 112 Å². The topological polar surface area (TPSA) is 185 Å². The smallest absolute Gasteiger partial charge is 0.323 e. The van der Waals surface area contributed by atoms with Gasteiger partial charge in [-0.25, -0.2) is 0 Å². The zero-order valence-electron chi connectivity index (χ0n) is 38.8. The minimum Gasteiger partial charge on any atom is -0.493 e. The number of carboxylic acid groups (broad SMARTS) is 1. The number of nitrogens with zero attached hydrogens (tertiary/aromatic N) is 2. The highest BCUT2D eigenvalue weighted by molar-refractivity contribution is 5.77. The van der Waals surface area contributed by atoms with E-state index in [0.717, 1.165) is 75.5 Å². The Morgan fingerprint density at radius 3 is 1.44 bits per heavy atom. The highest BCUT2D eigenvalue weighted by atomic mass is 16.6. The molecular formula is C48H74N4O10. The first-order valence-electron chi connectivity index (χ1n) is 22.6. The van der Waals surface area contributed by atoms with Crippen LogP contribution in [0.1, 0.15) is 114 Å². The molecule has 8 atom stereocenters. The molecule has 0 aromatic heterocycles. The summed E-state index contributed by atoms with van der Waals surface area (Å²) in [5, 5.41) is 8.88. The molecule has 6 rings (SSSR count). The van der Waals surface area contributed by atoms with Gasteiger partial charge in [0.15, 0.2) is 23.0 Å². The van der Waals surface area contributed by atoms with Crippen LogP contribution >= 0.6 is 0 Å². The molecule has 2 saturated heterocycles. The number of fused-ring (bicyclic) bond motifs is 6. The third kappa shape index (κ3) is 11.9. The number of ether oxygens (including phenoxy) is 6. The highest BCUT2D eigenvalue weighted by Gasteiger charge is 2.43. The number of piperidine rings is 2. The number of hydrogen-bond donors (Lipinski definition) is 3. The van der Waals surface area contributed by atoms with Gasteiger partial charge >= 0.3 is 17.9 Å². The van der Waals surface area contributed by atoms with Crippen LogP contribution in [0.4, 0.5) is 0 Å². The fourth-order valence-corrected chi connectivity index (χ4v) is 9.90. The average molecular weight is 867 g/mol. The first-order chi connectivity index (χ1) is 29.5. The first-order valence-corrected chi connectivity index (χ1v) is 22.6. The summed E-state index contributed by atoms with van der Waals surface area (Å²) in [6, 6.07) is 7.13. The minimum atomic E-state index is -0.970. The molecule has 0 saturated carbocycles. The second-order valence-corrected chi connectivity index (χ2v) is 18.8. The van der Waals surface area contributed by atoms with Crippen molar-refractivity contribution in [2.24, 2.45) is 41.1 Å². The Hall–Kier alpha value is -4.11. The predicted molar refractivity (Wildman–Crippen MR) is 238 cm³/mol. The van der Waals surface area contributed by atoms with Crippen molar-refractivity contribution in [2.75, 3.05) is 54.6 Å². The number of rotatable bonds is 16. The Balaban J connectivity index is 0.000000235. The summed E-state index contributed by atoms with van der Waals surface area (Å²) < 4.78 is 34.0. The van der Waals surface area contributed by atoms with E-state index in [1.54, 1.807) is 28.4 Å². The average Bonchev–Trinajstić information content (AvgIpc) is 3.24. The summed E-state index contributed by atoms with van der Waals surface area (Å²) >= 11 is 0. The van der Waals surface area contributed by atoms with Crippen LogP contribution in [-0.2, 0) is 36.7 Å². The molecule has 0 radical (unpaired) electrons. The molecule has 4 aliphatic rings. The van der Waals surface area contributed by atoms with Gasteiger partial charge < -0.3 is 45.0 Å². The lowest BCUT2D eigenvalue weighted by molar-refractivity contribution is -0.161. The third-order valence-electron chi connectivity index (χ3n) is 13.2. The van der Waals surface area contributed by atoms with Crippen molar-refractivity contribution in [1.82, 2.24) is 9.80 Å². The molecule has 62 heavy (non-hydrogen) atoms. The van der Waals surface area contributed by atoms with Crippen molar-refractivity contribution in [1.29, 1.82) is 0 Å². The predicted octanol–water partition coefficient (Wildman–Crippen LogP) is 6.34. The molecule has 5 N–H and O–H groups in total. The normalized spacial score (nSPS) is 24.3. The van der Waals surface area contributed by atoms with Crippen molar-refractivity contribution < 1.29 is 47.9 Å². The number of benzene rings is 2. The number of hydrogen-bond acceptors (Lipinski definition) is 13. The number of methoxy groups -OCH3 is 4. The summed E-state index contributed by atoms with van der Waals surface area (Å²) in [5.41, 5.74) is 17.0. The van der Waals surface area contributed by atoms with Gasteiger partial charge in [-0.05, 0) is 96.4 Å². The van der Waals surface area contributed by atoms with E-state index in [1.807, 2.05) is 19.9 Å². The van der Waals surface area contributed by atoms with Gasteiger partial charge in [-0.15, -0.1) is 0 Å². The van der Waals surface area contributed by atoms with Gasteiger partial charge in [0.2, 0.25) is 0 Å². The number of esters is 2. The van der Waals surface area contributed by atoms with Gasteiger partial charge in [0.1, 0.15) is 24.3 Å². The molecule has 14 nitrogen and oxygen atoms in total. The summed E-state index contributed by atoms with van der Waals surface area (Å²) in [7, 11) is 6.61. The second kappa shape index (κ2) is 22.0. The largest absolute Gasteiger partial charge is 0.493 e. The monoisotopic (exact) mass is 867 g/mol. The van der Waals surface area contributed by atoms with Crippen LogP contribution in [0.5, 0.6) is 23.0 Å². The molecule has 0 spiro atoms. The van der Waals surface area contributed by atoms with Crippen LogP contribution in [0.3, 0.4) is 0 Å². The lowest BCUT2D eigenvalue weighted by Crippen LogP contribution is -2.51. The molecule has 4 aliphatic heterocycles. The molecule has 2 aromatic carbocycles. The number of carboxylic acids is 1. The number of carbonyl (C=O) groups is 3. The quantitative estimate of drug-likeness (QED) is 0.159. The molecule has 14 heteroatoms. The summed E-state index contributed by atoms with van der Waals surface area (Å²) in [4.78, 5) is 41.2. The van der Waals surface area contributed by atoms with Crippen molar-refractivity contribution in [2.45, 2.75) is 129 Å². The maximum atomic E-state index is 12.7. The fourth-order valence-electron chi connectivity index (χ4n) is 9.90. The van der Waals surface area contributed by atoms with Crippen LogP contribution in [0.15, 0.2) is 24.3 Å². The van der Waals surface area contributed by atoms with E-state index in [-0.39, 0.29) is 54.9 Å². The maximum absolute atomic E-state index is 12.7. The van der Waals surface area contributed by atoms with Crippen molar-refractivity contribution >= 4 is 17.9 Å². The van der Waals surface area contributed by atoms with Crippen LogP contribution in [0, 0.1) is 29.6 Å². The highest BCUT2D eigenvalue weighted by Crippen LogP contribution is 2.46. The molecule has 7 unspecified atom stereocenters. The van der Waals surface area contributed by atoms with Gasteiger partial charge in [0.25, 0.3) is 0 Å². The maximum Gasteiger partial charge on any atom is 0.323 e. The minimum absolute atomic E-state index is 0.0632. The zero-order valence-corrected chi connectivity index (χ0v) is 38.8. The van der Waals surface area contributed by atoms with E-state index in [2.05, 4.69) is 55.7 Å². The Labute approximate surface area is 369 Å². The molecule has 0 aliphatic carbocycles. The SMILES string of the molecule is COc1cc2c(cc1OC)C1CC(OC(=O)C(N)CCC(=O)O)C(CC(C)C)CN1CC2.COc1cc2c(cc1OC)C1CC(OC(=O)[C@@H](N)C(C)C)C(CC(C)C)CN1CC2. The number of aliphatic carboxylic acids is 1. The van der Waals surface area contributed by atoms with Crippen molar-refractivity contribution in [3.05, 3.63) is 46.5 Å². The molecule has 4 heterocycles. The van der Waals surface area contributed by atoms with Crippen LogP contribution < -0.4 is 30.4 Å². The molecule has 2 aromatic rings. The number of nitrogens with two attached hydrogens (primary N) is 2. The Morgan fingerprint density at radius 2 is 1.06 bits per heavy atom. The molecular weight excluding hydrogens is 793 g/mol. The van der Waals surface area contributed by atoms with E-state index in [0.29, 0.717) is 29.9 Å². The molecule has 0 amide bonds. The first kappa shape index (κ1) is 48.9. The summed E-state index contributed by atoms with van der Waals surface area (Å²) in [5.74, 6) is 2.80. The van der Waals surface area contributed by atoms with Gasteiger partial charge in [0, 0.05) is 69.4 Å². The fraction of sp³-hybridized carbons (Fsp3) is 0.688. The van der Waals surface area contributed by atoms with E-state index in [1.165, 1.54) is 22.3 Å². The van der Waals surface area contributed by atoms with Gasteiger partial charge in [-0.3, -0.25) is 24.2 Å². The molecule has 0 bridgehead atoms. The number of carbonyl (C=O) groups excluding carboxylic acids is 2. The standard InChI is InChI=1S/C24H36N2O6.C24H38N2O4/c1-14(2)9-16-13-26-8-7-15-10-21(30-3)22(31-4)11-17(15)19(26)12-20(16)32-24(29)18(25)5-6-23(27)28;1-14(2)9-17-13-26-8-7-16-10-21(28-5)22(29-6)11-18(16)19(26)12-20(17)30-24(27)23(25)15(3)4/h10-11,14,16,18-20H,5-9,12-13,25H2,1-4H3,(H,27,28);10-11,14-15,17,19-20,23H,7-9,12-13,25H2,1-6H3/t;17?,19?,20?,23-/m.0/s1. The van der Waals surface area contributed by atoms with E-state index in [9.17, 15) is 14.4 Å². The summed E-state index contributed by atoms with van der Waals surface area (Å²) in [6.45, 7) is 16.5. The Bertz CT molecular complexity index is 1840. The van der Waals surface area contributed by atoms with E-state index < -0.39 is 24.0 Å². The van der Waals surface area contributed by atoms with Gasteiger partial charge in [-0.1, -0.05) is 41.5 Å². The second-order valence-electron chi connectivity index (χ2n) is 18.8. The molecule has 2 fully saturated rings. The third-order valence-corrected chi connectivity index (χ3v) is 13.2. The summed E-state index contributed by atoms with van der Waals surface area (Å²) in [6.07, 6.45) is 4.92. The van der Waals surface area contributed by atoms with Gasteiger partial charge in [0.05, 0.1) is 28.4 Å². The lowest BCUT2D eigenvalue weighted by atomic mass is 9.79. The lowest BCUT2D eigenvalue weighted by Gasteiger charge is -2.47. The van der Waals surface area contributed by atoms with E-state index in [4.69, 9.17) is 45.0 Å².